The first-order chi connectivity index (χ1) is 14.7. The summed E-state index contributed by atoms with van der Waals surface area (Å²) in [7, 11) is 0. The summed E-state index contributed by atoms with van der Waals surface area (Å²) in [4.78, 5) is 61.4. The van der Waals surface area contributed by atoms with Crippen LogP contribution in [0.15, 0.2) is 24.5 Å². The fraction of sp³-hybridized carbons (Fsp3) is 0.444. The van der Waals surface area contributed by atoms with Gasteiger partial charge in [0.25, 0.3) is 5.91 Å². The van der Waals surface area contributed by atoms with Gasteiger partial charge in [-0.05, 0) is 18.6 Å². The number of hydrogen-bond acceptors (Lipinski definition) is 8. The van der Waals surface area contributed by atoms with Crippen molar-refractivity contribution in [1.82, 2.24) is 20.9 Å². The van der Waals surface area contributed by atoms with Gasteiger partial charge in [-0.1, -0.05) is 0 Å². The highest BCUT2D eigenvalue weighted by Gasteiger charge is 2.22. The number of amides is 3. The highest BCUT2D eigenvalue weighted by molar-refractivity contribution is 7.99. The Morgan fingerprint density at radius 2 is 1.90 bits per heavy atom. The summed E-state index contributed by atoms with van der Waals surface area (Å²) in [6.45, 7) is -0.315. The number of nitrogens with zero attached hydrogens (tertiary/aromatic N) is 1. The zero-order valence-corrected chi connectivity index (χ0v) is 17.4. The Labute approximate surface area is 182 Å². The molecule has 0 saturated heterocycles. The standard InChI is InChI=1S/C18H25N5O7S/c19-12(18(29)30)3-4-14(24)23-13(17(28)22-9-15(25)26)10-31-7-6-21-16(27)11-2-1-5-20-8-11/h1-2,5,8,12-13H,3-4,6-7,9-10,19H2,(H,21,27)(H,22,28)(H,23,24)(H,25,26)(H,29,30)/t12-,13-/m0/s1. The van der Waals surface area contributed by atoms with E-state index in [9.17, 15) is 24.0 Å². The number of aromatic nitrogens is 1. The zero-order valence-electron chi connectivity index (χ0n) is 16.6. The van der Waals surface area contributed by atoms with E-state index in [2.05, 4.69) is 20.9 Å². The van der Waals surface area contributed by atoms with Crippen LogP contribution in [0.5, 0.6) is 0 Å². The molecule has 0 aromatic carbocycles. The molecule has 0 aliphatic heterocycles. The molecule has 1 aromatic rings. The number of carbonyl (C=O) groups excluding carboxylic acids is 3. The minimum Gasteiger partial charge on any atom is -0.480 e. The van der Waals surface area contributed by atoms with E-state index in [1.807, 2.05) is 0 Å². The molecule has 0 unspecified atom stereocenters. The van der Waals surface area contributed by atoms with Crippen molar-refractivity contribution in [3.05, 3.63) is 30.1 Å². The normalized spacial score (nSPS) is 12.3. The third kappa shape index (κ3) is 11.0. The van der Waals surface area contributed by atoms with E-state index in [1.165, 1.54) is 18.0 Å². The molecular weight excluding hydrogens is 430 g/mol. The maximum absolute atomic E-state index is 12.2. The number of hydrogen-bond donors (Lipinski definition) is 6. The van der Waals surface area contributed by atoms with Crippen LogP contribution in [0.3, 0.4) is 0 Å². The quantitative estimate of drug-likeness (QED) is 0.178. The number of pyridine rings is 1. The lowest BCUT2D eigenvalue weighted by Crippen LogP contribution is -2.49. The monoisotopic (exact) mass is 455 g/mol. The number of carboxylic acids is 2. The Hall–Kier alpha value is -3.19. The lowest BCUT2D eigenvalue weighted by atomic mass is 10.1. The van der Waals surface area contributed by atoms with Crippen LogP contribution in [0.1, 0.15) is 23.2 Å². The SMILES string of the molecule is N[C@@H](CCC(=O)N[C@@H](CSCCNC(=O)c1cccnc1)C(=O)NCC(=O)O)C(=O)O. The van der Waals surface area contributed by atoms with Crippen LogP contribution in [0, 0.1) is 0 Å². The molecular formula is C18H25N5O7S. The summed E-state index contributed by atoms with van der Waals surface area (Å²) >= 11 is 1.26. The molecule has 1 aromatic heterocycles. The Balaban J connectivity index is 2.48. The van der Waals surface area contributed by atoms with Crippen molar-refractivity contribution in [1.29, 1.82) is 0 Å². The van der Waals surface area contributed by atoms with Crippen molar-refractivity contribution < 1.29 is 34.2 Å². The van der Waals surface area contributed by atoms with E-state index in [0.717, 1.165) is 0 Å². The Morgan fingerprint density at radius 1 is 1.16 bits per heavy atom. The molecule has 0 aliphatic carbocycles. The molecule has 13 heteroatoms. The van der Waals surface area contributed by atoms with Crippen LogP contribution < -0.4 is 21.7 Å². The van der Waals surface area contributed by atoms with E-state index in [-0.39, 0.29) is 24.5 Å². The molecule has 0 radical (unpaired) electrons. The second-order valence-electron chi connectivity index (χ2n) is 6.29. The van der Waals surface area contributed by atoms with Crippen LogP contribution in [-0.4, -0.2) is 81.5 Å². The van der Waals surface area contributed by atoms with Crippen molar-refractivity contribution in [3.63, 3.8) is 0 Å². The van der Waals surface area contributed by atoms with Crippen LogP contribution in [0.2, 0.25) is 0 Å². The summed E-state index contributed by atoms with van der Waals surface area (Å²) in [6.07, 6.45) is 2.66. The van der Waals surface area contributed by atoms with Gasteiger partial charge < -0.3 is 31.9 Å². The van der Waals surface area contributed by atoms with Crippen LogP contribution in [-0.2, 0) is 19.2 Å². The van der Waals surface area contributed by atoms with Gasteiger partial charge in [0, 0.05) is 36.9 Å². The Bertz CT molecular complexity index is 778. The second-order valence-corrected chi connectivity index (χ2v) is 7.44. The molecule has 7 N–H and O–H groups in total. The van der Waals surface area contributed by atoms with Crippen LogP contribution >= 0.6 is 11.8 Å². The van der Waals surface area contributed by atoms with Crippen molar-refractivity contribution >= 4 is 41.4 Å². The second kappa shape index (κ2) is 13.9. The van der Waals surface area contributed by atoms with E-state index in [4.69, 9.17) is 15.9 Å². The summed E-state index contributed by atoms with van der Waals surface area (Å²) in [5, 5.41) is 24.8. The van der Waals surface area contributed by atoms with E-state index in [0.29, 0.717) is 17.9 Å². The molecule has 170 valence electrons. The van der Waals surface area contributed by atoms with Gasteiger partial charge in [-0.25, -0.2) is 0 Å². The third-order valence-corrected chi connectivity index (χ3v) is 4.87. The first-order valence-electron chi connectivity index (χ1n) is 9.24. The van der Waals surface area contributed by atoms with Crippen molar-refractivity contribution in [2.24, 2.45) is 5.73 Å². The molecule has 2 atom stereocenters. The van der Waals surface area contributed by atoms with Gasteiger partial charge >= 0.3 is 11.9 Å². The lowest BCUT2D eigenvalue weighted by molar-refractivity contribution is -0.139. The number of nitrogens with one attached hydrogen (secondary N) is 3. The molecule has 0 saturated carbocycles. The van der Waals surface area contributed by atoms with E-state index < -0.39 is 42.4 Å². The van der Waals surface area contributed by atoms with Gasteiger partial charge in [0.05, 0.1) is 5.56 Å². The first-order valence-corrected chi connectivity index (χ1v) is 10.4. The fourth-order valence-corrected chi connectivity index (χ4v) is 3.07. The first kappa shape index (κ1) is 25.8. The average Bonchev–Trinajstić information content (AvgIpc) is 2.74. The minimum absolute atomic E-state index is 0.113. The summed E-state index contributed by atoms with van der Waals surface area (Å²) < 4.78 is 0. The largest absolute Gasteiger partial charge is 0.480 e. The van der Waals surface area contributed by atoms with Crippen molar-refractivity contribution in [3.8, 4) is 0 Å². The van der Waals surface area contributed by atoms with Gasteiger partial charge in [-0.2, -0.15) is 11.8 Å². The maximum atomic E-state index is 12.2. The maximum Gasteiger partial charge on any atom is 0.322 e. The predicted molar refractivity (Wildman–Crippen MR) is 111 cm³/mol. The van der Waals surface area contributed by atoms with Crippen molar-refractivity contribution in [2.75, 3.05) is 24.6 Å². The van der Waals surface area contributed by atoms with E-state index in [1.54, 1.807) is 18.3 Å². The summed E-state index contributed by atoms with van der Waals surface area (Å²) in [6, 6.07) is 1.01. The average molecular weight is 455 g/mol. The number of rotatable bonds is 14. The summed E-state index contributed by atoms with van der Waals surface area (Å²) in [5.41, 5.74) is 5.76. The highest BCUT2D eigenvalue weighted by Crippen LogP contribution is 2.05. The minimum atomic E-state index is -1.24. The number of thioether (sulfide) groups is 1. The highest BCUT2D eigenvalue weighted by atomic mass is 32.2. The fourth-order valence-electron chi connectivity index (χ4n) is 2.18. The lowest BCUT2D eigenvalue weighted by Gasteiger charge is -2.18. The van der Waals surface area contributed by atoms with Gasteiger partial charge in [-0.15, -0.1) is 0 Å². The van der Waals surface area contributed by atoms with Gasteiger partial charge in [0.2, 0.25) is 11.8 Å². The molecule has 0 aliphatic rings. The topological polar surface area (TPSA) is 201 Å². The van der Waals surface area contributed by atoms with Crippen LogP contribution in [0.25, 0.3) is 0 Å². The number of carboxylic acid groups (broad SMARTS) is 2. The summed E-state index contributed by atoms with van der Waals surface area (Å²) in [5.74, 6) is -3.52. The number of aliphatic carboxylic acids is 2. The molecule has 3 amide bonds. The Morgan fingerprint density at radius 3 is 2.52 bits per heavy atom. The smallest absolute Gasteiger partial charge is 0.322 e. The van der Waals surface area contributed by atoms with Gasteiger partial charge in [0.15, 0.2) is 0 Å². The molecule has 31 heavy (non-hydrogen) atoms. The number of carbonyl (C=O) groups is 5. The molecule has 0 bridgehead atoms. The molecule has 0 fully saturated rings. The molecule has 1 rings (SSSR count). The zero-order chi connectivity index (χ0) is 23.2. The van der Waals surface area contributed by atoms with Crippen molar-refractivity contribution in [2.45, 2.75) is 24.9 Å². The molecule has 12 nitrogen and oxygen atoms in total. The van der Waals surface area contributed by atoms with Crippen LogP contribution in [0.4, 0.5) is 0 Å². The van der Waals surface area contributed by atoms with E-state index >= 15 is 0 Å². The predicted octanol–water partition coefficient (Wildman–Crippen LogP) is -1.58. The Kier molecular flexibility index (Phi) is 11.6. The number of nitrogens with two attached hydrogens (primary N) is 1. The van der Waals surface area contributed by atoms with Gasteiger partial charge in [0.1, 0.15) is 18.6 Å². The molecule has 1 heterocycles. The molecule has 0 spiro atoms. The third-order valence-electron chi connectivity index (χ3n) is 3.81. The van der Waals surface area contributed by atoms with Gasteiger partial charge in [-0.3, -0.25) is 29.0 Å².